The first-order valence-corrected chi connectivity index (χ1v) is 7.09. The maximum absolute atomic E-state index is 12.0. The van der Waals surface area contributed by atoms with Gasteiger partial charge in [-0.25, -0.2) is 0 Å². The standard InChI is InChI=1S/C13H15N3O3S/c1-8-3-2-4-9(14)12(8)15-10(17)7-16-11(18)5-6-20-13(16)19/h2-4H,5-7,14H2,1H3,(H,15,17). The normalized spacial score (nSPS) is 15.3. The van der Waals surface area contributed by atoms with E-state index in [2.05, 4.69) is 5.32 Å². The van der Waals surface area contributed by atoms with Crippen molar-refractivity contribution in [3.63, 3.8) is 0 Å². The Bertz CT molecular complexity index is 538. The molecule has 0 aliphatic carbocycles. The van der Waals surface area contributed by atoms with Gasteiger partial charge in [0, 0.05) is 12.2 Å². The molecule has 1 aromatic rings. The summed E-state index contributed by atoms with van der Waals surface area (Å²) < 4.78 is 0. The van der Waals surface area contributed by atoms with Gasteiger partial charge in [-0.05, 0) is 18.6 Å². The number of anilines is 2. The quantitative estimate of drug-likeness (QED) is 0.826. The number of carbonyl (C=O) groups is 3. The number of hydrogen-bond donors (Lipinski definition) is 2. The second kappa shape index (κ2) is 5.96. The molecule has 0 radical (unpaired) electrons. The second-order valence-corrected chi connectivity index (χ2v) is 5.48. The molecule has 1 heterocycles. The fourth-order valence-corrected chi connectivity index (χ4v) is 2.65. The van der Waals surface area contributed by atoms with Crippen LogP contribution in [-0.4, -0.2) is 34.3 Å². The molecule has 1 saturated heterocycles. The predicted octanol–water partition coefficient (Wildman–Crippen LogP) is 1.60. The summed E-state index contributed by atoms with van der Waals surface area (Å²) in [6.07, 6.45) is 0.274. The predicted molar refractivity (Wildman–Crippen MR) is 78.4 cm³/mol. The first-order valence-electron chi connectivity index (χ1n) is 6.11. The average molecular weight is 293 g/mol. The summed E-state index contributed by atoms with van der Waals surface area (Å²) in [5.41, 5.74) is 7.58. The van der Waals surface area contributed by atoms with Crippen molar-refractivity contribution >= 4 is 40.2 Å². The number of rotatable bonds is 3. The molecule has 3 amide bonds. The van der Waals surface area contributed by atoms with E-state index in [0.29, 0.717) is 17.1 Å². The van der Waals surface area contributed by atoms with Crippen molar-refractivity contribution in [1.82, 2.24) is 4.90 Å². The Morgan fingerprint density at radius 3 is 2.85 bits per heavy atom. The molecule has 20 heavy (non-hydrogen) atoms. The molecule has 2 rings (SSSR count). The SMILES string of the molecule is Cc1cccc(N)c1NC(=O)CN1C(=O)CCSC1=O. The number of imide groups is 1. The van der Waals surface area contributed by atoms with Crippen LogP contribution in [0, 0.1) is 6.92 Å². The van der Waals surface area contributed by atoms with Crippen molar-refractivity contribution < 1.29 is 14.4 Å². The number of nitrogen functional groups attached to an aromatic ring is 1. The summed E-state index contributed by atoms with van der Waals surface area (Å²) in [5.74, 6) is -0.280. The van der Waals surface area contributed by atoms with Gasteiger partial charge in [-0.1, -0.05) is 23.9 Å². The Balaban J connectivity index is 2.06. The van der Waals surface area contributed by atoms with Gasteiger partial charge in [-0.3, -0.25) is 19.3 Å². The lowest BCUT2D eigenvalue weighted by Crippen LogP contribution is -2.43. The lowest BCUT2D eigenvalue weighted by atomic mass is 10.1. The van der Waals surface area contributed by atoms with E-state index >= 15 is 0 Å². The summed E-state index contributed by atoms with van der Waals surface area (Å²) in [4.78, 5) is 36.1. The molecule has 6 nitrogen and oxygen atoms in total. The van der Waals surface area contributed by atoms with E-state index in [-0.39, 0.29) is 24.1 Å². The van der Waals surface area contributed by atoms with Gasteiger partial charge in [0.05, 0.1) is 11.4 Å². The van der Waals surface area contributed by atoms with E-state index in [1.165, 1.54) is 0 Å². The highest BCUT2D eigenvalue weighted by atomic mass is 32.2. The van der Waals surface area contributed by atoms with Gasteiger partial charge in [0.15, 0.2) is 0 Å². The van der Waals surface area contributed by atoms with Crippen molar-refractivity contribution in [2.45, 2.75) is 13.3 Å². The van der Waals surface area contributed by atoms with E-state index in [4.69, 9.17) is 5.73 Å². The zero-order valence-corrected chi connectivity index (χ0v) is 11.8. The third-order valence-corrected chi connectivity index (χ3v) is 3.81. The zero-order chi connectivity index (χ0) is 14.7. The number of thioether (sulfide) groups is 1. The molecule has 0 spiro atoms. The number of hydrogen-bond acceptors (Lipinski definition) is 5. The molecule has 1 aromatic carbocycles. The highest BCUT2D eigenvalue weighted by Crippen LogP contribution is 2.23. The van der Waals surface area contributed by atoms with Crippen LogP contribution in [0.1, 0.15) is 12.0 Å². The van der Waals surface area contributed by atoms with Crippen LogP contribution >= 0.6 is 11.8 Å². The minimum atomic E-state index is -0.435. The van der Waals surface area contributed by atoms with Crippen molar-refractivity contribution in [2.75, 3.05) is 23.3 Å². The summed E-state index contributed by atoms with van der Waals surface area (Å²) in [7, 11) is 0. The third kappa shape index (κ3) is 3.11. The largest absolute Gasteiger partial charge is 0.397 e. The summed E-state index contributed by atoms with van der Waals surface area (Å²) in [5, 5.41) is 2.27. The Morgan fingerprint density at radius 1 is 1.45 bits per heavy atom. The topological polar surface area (TPSA) is 92.5 Å². The first-order chi connectivity index (χ1) is 9.49. The van der Waals surface area contributed by atoms with Gasteiger partial charge in [0.2, 0.25) is 11.8 Å². The van der Waals surface area contributed by atoms with Crippen LogP contribution in [0.25, 0.3) is 0 Å². The van der Waals surface area contributed by atoms with Gasteiger partial charge >= 0.3 is 0 Å². The molecule has 7 heteroatoms. The van der Waals surface area contributed by atoms with E-state index in [1.54, 1.807) is 12.1 Å². The molecule has 0 saturated carbocycles. The molecule has 1 aliphatic heterocycles. The molecule has 0 aromatic heterocycles. The summed E-state index contributed by atoms with van der Waals surface area (Å²) in [6, 6.07) is 5.28. The van der Waals surface area contributed by atoms with Crippen LogP contribution in [-0.2, 0) is 9.59 Å². The number of amides is 3. The number of nitrogens with two attached hydrogens (primary N) is 1. The molecule has 3 N–H and O–H groups in total. The van der Waals surface area contributed by atoms with Gasteiger partial charge in [-0.2, -0.15) is 0 Å². The van der Waals surface area contributed by atoms with E-state index in [1.807, 2.05) is 13.0 Å². The number of carbonyl (C=O) groups excluding carboxylic acids is 3. The number of nitrogens with zero attached hydrogens (tertiary/aromatic N) is 1. The summed E-state index contributed by atoms with van der Waals surface area (Å²) in [6.45, 7) is 1.54. The maximum Gasteiger partial charge on any atom is 0.288 e. The Kier molecular flexibility index (Phi) is 4.29. The number of para-hydroxylation sites is 1. The molecule has 0 unspecified atom stereocenters. The molecule has 106 valence electrons. The average Bonchev–Trinajstić information content (AvgIpc) is 2.39. The zero-order valence-electron chi connectivity index (χ0n) is 11.0. The van der Waals surface area contributed by atoms with Crippen LogP contribution in [0.15, 0.2) is 18.2 Å². The first kappa shape index (κ1) is 14.4. The van der Waals surface area contributed by atoms with Crippen molar-refractivity contribution in [3.8, 4) is 0 Å². The van der Waals surface area contributed by atoms with Crippen LogP contribution in [0.4, 0.5) is 16.2 Å². The minimum absolute atomic E-state index is 0.274. The number of nitrogens with one attached hydrogen (secondary N) is 1. The van der Waals surface area contributed by atoms with E-state index in [9.17, 15) is 14.4 Å². The van der Waals surface area contributed by atoms with Crippen LogP contribution in [0.5, 0.6) is 0 Å². The van der Waals surface area contributed by atoms with E-state index < -0.39 is 5.91 Å². The molecule has 0 bridgehead atoms. The molecule has 1 aliphatic rings. The van der Waals surface area contributed by atoms with Gasteiger partial charge in [-0.15, -0.1) is 0 Å². The van der Waals surface area contributed by atoms with E-state index in [0.717, 1.165) is 22.2 Å². The van der Waals surface area contributed by atoms with Gasteiger partial charge in [0.1, 0.15) is 6.54 Å². The smallest absolute Gasteiger partial charge is 0.288 e. The fourth-order valence-electron chi connectivity index (χ4n) is 1.88. The molecular formula is C13H15N3O3S. The third-order valence-electron chi connectivity index (χ3n) is 2.93. The Hall–Kier alpha value is -2.02. The molecular weight excluding hydrogens is 278 g/mol. The molecule has 1 fully saturated rings. The number of aryl methyl sites for hydroxylation is 1. The van der Waals surface area contributed by atoms with Crippen LogP contribution < -0.4 is 11.1 Å². The highest BCUT2D eigenvalue weighted by molar-refractivity contribution is 8.13. The van der Waals surface area contributed by atoms with Crippen molar-refractivity contribution in [3.05, 3.63) is 23.8 Å². The maximum atomic E-state index is 12.0. The number of benzene rings is 1. The molecule has 0 atom stereocenters. The second-order valence-electron chi connectivity index (χ2n) is 4.43. The Labute approximate surface area is 120 Å². The van der Waals surface area contributed by atoms with Crippen LogP contribution in [0.3, 0.4) is 0 Å². The van der Waals surface area contributed by atoms with Crippen molar-refractivity contribution in [1.29, 1.82) is 0 Å². The van der Waals surface area contributed by atoms with Gasteiger partial charge < -0.3 is 11.1 Å². The summed E-state index contributed by atoms with van der Waals surface area (Å²) >= 11 is 1.05. The van der Waals surface area contributed by atoms with Crippen LogP contribution in [0.2, 0.25) is 0 Å². The monoisotopic (exact) mass is 293 g/mol. The Morgan fingerprint density at radius 2 is 2.20 bits per heavy atom. The minimum Gasteiger partial charge on any atom is -0.397 e. The highest BCUT2D eigenvalue weighted by Gasteiger charge is 2.28. The fraction of sp³-hybridized carbons (Fsp3) is 0.308. The lowest BCUT2D eigenvalue weighted by molar-refractivity contribution is -0.131. The van der Waals surface area contributed by atoms with Crippen molar-refractivity contribution in [2.24, 2.45) is 0 Å². The lowest BCUT2D eigenvalue weighted by Gasteiger charge is -2.23. The van der Waals surface area contributed by atoms with Gasteiger partial charge in [0.25, 0.3) is 5.24 Å².